The van der Waals surface area contributed by atoms with Gasteiger partial charge in [-0.05, 0) is 37.5 Å². The van der Waals surface area contributed by atoms with Gasteiger partial charge in [-0.3, -0.25) is 4.68 Å². The fourth-order valence-corrected chi connectivity index (χ4v) is 2.49. The third-order valence-electron chi connectivity index (χ3n) is 3.75. The first kappa shape index (κ1) is 14.1. The number of pyridine rings is 1. The molecule has 0 atom stereocenters. The van der Waals surface area contributed by atoms with E-state index in [1.807, 2.05) is 23.9 Å². The SMILES string of the molecule is Cc1cnc(Nc2cnn(C3CC3)c2)nc1-c1ccc(Cl)nc1. The van der Waals surface area contributed by atoms with Crippen molar-refractivity contribution in [1.29, 1.82) is 0 Å². The van der Waals surface area contributed by atoms with Crippen molar-refractivity contribution < 1.29 is 0 Å². The highest BCUT2D eigenvalue weighted by atomic mass is 35.5. The number of aromatic nitrogens is 5. The first-order chi connectivity index (χ1) is 11.2. The Balaban J connectivity index is 1.61. The van der Waals surface area contributed by atoms with Crippen LogP contribution in [0.25, 0.3) is 11.3 Å². The van der Waals surface area contributed by atoms with Crippen molar-refractivity contribution in [3.63, 3.8) is 0 Å². The van der Waals surface area contributed by atoms with Crippen LogP contribution >= 0.6 is 11.6 Å². The number of halogens is 1. The Morgan fingerprint density at radius 3 is 2.78 bits per heavy atom. The predicted molar refractivity (Wildman–Crippen MR) is 88.8 cm³/mol. The van der Waals surface area contributed by atoms with Gasteiger partial charge in [-0.1, -0.05) is 11.6 Å². The van der Waals surface area contributed by atoms with Gasteiger partial charge >= 0.3 is 0 Å². The second-order valence-corrected chi connectivity index (χ2v) is 6.05. The molecule has 4 rings (SSSR count). The normalized spacial score (nSPS) is 14.0. The van der Waals surface area contributed by atoms with Crippen LogP contribution in [-0.4, -0.2) is 24.7 Å². The van der Waals surface area contributed by atoms with E-state index in [4.69, 9.17) is 11.6 Å². The zero-order valence-electron chi connectivity index (χ0n) is 12.6. The molecule has 6 nitrogen and oxygen atoms in total. The number of nitrogens with zero attached hydrogens (tertiary/aromatic N) is 5. The summed E-state index contributed by atoms with van der Waals surface area (Å²) in [6.45, 7) is 1.97. The van der Waals surface area contributed by atoms with Gasteiger partial charge in [0, 0.05) is 24.2 Å². The largest absolute Gasteiger partial charge is 0.321 e. The van der Waals surface area contributed by atoms with Crippen molar-refractivity contribution >= 4 is 23.2 Å². The number of aryl methyl sites for hydroxylation is 1. The maximum absolute atomic E-state index is 5.84. The second-order valence-electron chi connectivity index (χ2n) is 5.66. The Morgan fingerprint density at radius 2 is 2.04 bits per heavy atom. The molecule has 1 N–H and O–H groups in total. The van der Waals surface area contributed by atoms with Crippen LogP contribution in [0.4, 0.5) is 11.6 Å². The molecule has 3 heterocycles. The van der Waals surface area contributed by atoms with Gasteiger partial charge in [0.15, 0.2) is 0 Å². The van der Waals surface area contributed by atoms with Crippen LogP contribution in [0.15, 0.2) is 36.9 Å². The van der Waals surface area contributed by atoms with Gasteiger partial charge in [-0.25, -0.2) is 15.0 Å². The molecule has 0 unspecified atom stereocenters. The van der Waals surface area contributed by atoms with Gasteiger partial charge < -0.3 is 5.32 Å². The van der Waals surface area contributed by atoms with E-state index in [0.717, 1.165) is 22.5 Å². The van der Waals surface area contributed by atoms with Crippen LogP contribution in [0.1, 0.15) is 24.4 Å². The Morgan fingerprint density at radius 1 is 1.17 bits per heavy atom. The van der Waals surface area contributed by atoms with Crippen LogP contribution in [-0.2, 0) is 0 Å². The maximum atomic E-state index is 5.84. The third kappa shape index (κ3) is 3.03. The molecule has 0 bridgehead atoms. The lowest BCUT2D eigenvalue weighted by atomic mass is 10.1. The van der Waals surface area contributed by atoms with Gasteiger partial charge in [0.25, 0.3) is 0 Å². The minimum Gasteiger partial charge on any atom is -0.321 e. The van der Waals surface area contributed by atoms with Crippen LogP contribution in [0.2, 0.25) is 5.15 Å². The lowest BCUT2D eigenvalue weighted by Gasteiger charge is -2.08. The molecule has 0 spiro atoms. The number of anilines is 2. The van der Waals surface area contributed by atoms with E-state index in [1.165, 1.54) is 12.8 Å². The molecule has 1 aliphatic rings. The molecular weight excluding hydrogens is 312 g/mol. The zero-order chi connectivity index (χ0) is 15.8. The third-order valence-corrected chi connectivity index (χ3v) is 3.97. The molecule has 0 aliphatic heterocycles. The average Bonchev–Trinajstić information content (AvgIpc) is 3.30. The van der Waals surface area contributed by atoms with Crippen molar-refractivity contribution in [1.82, 2.24) is 24.7 Å². The van der Waals surface area contributed by atoms with Crippen molar-refractivity contribution in [3.8, 4) is 11.3 Å². The molecule has 3 aromatic rings. The number of hydrogen-bond donors (Lipinski definition) is 1. The molecule has 1 saturated carbocycles. The molecular formula is C16H15ClN6. The molecule has 3 aromatic heterocycles. The van der Waals surface area contributed by atoms with Crippen molar-refractivity contribution in [3.05, 3.63) is 47.6 Å². The summed E-state index contributed by atoms with van der Waals surface area (Å²) in [7, 11) is 0. The van der Waals surface area contributed by atoms with Crippen molar-refractivity contribution in [2.24, 2.45) is 0 Å². The smallest absolute Gasteiger partial charge is 0.227 e. The zero-order valence-corrected chi connectivity index (χ0v) is 13.3. The van der Waals surface area contributed by atoms with E-state index in [9.17, 15) is 0 Å². The summed E-state index contributed by atoms with van der Waals surface area (Å²) in [5.41, 5.74) is 3.61. The highest BCUT2D eigenvalue weighted by Crippen LogP contribution is 2.34. The quantitative estimate of drug-likeness (QED) is 0.739. The summed E-state index contributed by atoms with van der Waals surface area (Å²) < 4.78 is 1.99. The summed E-state index contributed by atoms with van der Waals surface area (Å²) >= 11 is 5.84. The first-order valence-electron chi connectivity index (χ1n) is 7.46. The Bertz CT molecular complexity index is 838. The topological polar surface area (TPSA) is 68.5 Å². The summed E-state index contributed by atoms with van der Waals surface area (Å²) in [5, 5.41) is 8.02. The van der Waals surface area contributed by atoms with E-state index >= 15 is 0 Å². The predicted octanol–water partition coefficient (Wildman–Crippen LogP) is 3.78. The lowest BCUT2D eigenvalue weighted by Crippen LogP contribution is -2.00. The van der Waals surface area contributed by atoms with Crippen molar-refractivity contribution in [2.45, 2.75) is 25.8 Å². The van der Waals surface area contributed by atoms with Crippen LogP contribution in [0.3, 0.4) is 0 Å². The van der Waals surface area contributed by atoms with E-state index in [1.54, 1.807) is 24.7 Å². The average molecular weight is 327 g/mol. The monoisotopic (exact) mass is 326 g/mol. The molecule has 0 radical (unpaired) electrons. The summed E-state index contributed by atoms with van der Waals surface area (Å²) in [6, 6.07) is 4.21. The Kier molecular flexibility index (Phi) is 3.46. The molecule has 1 aliphatic carbocycles. The fraction of sp³-hybridized carbons (Fsp3) is 0.250. The molecule has 23 heavy (non-hydrogen) atoms. The van der Waals surface area contributed by atoms with Gasteiger partial charge in [-0.15, -0.1) is 0 Å². The van der Waals surface area contributed by atoms with Crippen LogP contribution < -0.4 is 5.32 Å². The molecule has 0 aromatic carbocycles. The van der Waals surface area contributed by atoms with Crippen LogP contribution in [0.5, 0.6) is 0 Å². The van der Waals surface area contributed by atoms with Gasteiger partial charge in [0.05, 0.1) is 23.6 Å². The van der Waals surface area contributed by atoms with Crippen LogP contribution in [0, 0.1) is 6.92 Å². The Hall–Kier alpha value is -2.47. The molecule has 0 saturated heterocycles. The van der Waals surface area contributed by atoms with E-state index in [2.05, 4.69) is 25.4 Å². The highest BCUT2D eigenvalue weighted by Gasteiger charge is 2.24. The van der Waals surface area contributed by atoms with Gasteiger partial charge in [0.2, 0.25) is 5.95 Å². The van der Waals surface area contributed by atoms with E-state index < -0.39 is 0 Å². The fourth-order valence-electron chi connectivity index (χ4n) is 2.38. The summed E-state index contributed by atoms with van der Waals surface area (Å²) in [6.07, 6.45) is 9.71. The summed E-state index contributed by atoms with van der Waals surface area (Å²) in [5.74, 6) is 0.538. The van der Waals surface area contributed by atoms with E-state index in [0.29, 0.717) is 17.1 Å². The standard InChI is InChI=1S/C16H15ClN6/c1-10-6-19-16(21-12-8-20-23(9-12)13-3-4-13)22-15(10)11-2-5-14(17)18-7-11/h2,5-9,13H,3-4H2,1H3,(H,19,21,22). The summed E-state index contributed by atoms with van der Waals surface area (Å²) in [4.78, 5) is 13.0. The number of nitrogens with one attached hydrogen (secondary N) is 1. The highest BCUT2D eigenvalue weighted by molar-refractivity contribution is 6.29. The molecule has 0 amide bonds. The number of hydrogen-bond acceptors (Lipinski definition) is 5. The first-order valence-corrected chi connectivity index (χ1v) is 7.83. The Labute approximate surface area is 138 Å². The van der Waals surface area contributed by atoms with Gasteiger partial charge in [-0.2, -0.15) is 5.10 Å². The maximum Gasteiger partial charge on any atom is 0.227 e. The second kappa shape index (κ2) is 5.62. The number of rotatable bonds is 4. The minimum atomic E-state index is 0.464. The van der Waals surface area contributed by atoms with E-state index in [-0.39, 0.29) is 0 Å². The van der Waals surface area contributed by atoms with Crippen molar-refractivity contribution in [2.75, 3.05) is 5.32 Å². The molecule has 1 fully saturated rings. The van der Waals surface area contributed by atoms with Gasteiger partial charge in [0.1, 0.15) is 5.15 Å². The minimum absolute atomic E-state index is 0.464. The molecule has 116 valence electrons. The lowest BCUT2D eigenvalue weighted by molar-refractivity contribution is 0.642. The molecule has 7 heteroatoms.